The normalized spacial score (nSPS) is 11.2. The molecule has 0 heterocycles. The first-order chi connectivity index (χ1) is 30.2. The van der Waals surface area contributed by atoms with Crippen molar-refractivity contribution in [1.29, 1.82) is 0 Å². The van der Waals surface area contributed by atoms with E-state index in [1.165, 1.54) is 268 Å². The lowest BCUT2D eigenvalue weighted by molar-refractivity contribution is 0.258. The van der Waals surface area contributed by atoms with Gasteiger partial charge in [0.15, 0.2) is 0 Å². The van der Waals surface area contributed by atoms with Crippen molar-refractivity contribution in [3.8, 4) is 0 Å². The summed E-state index contributed by atoms with van der Waals surface area (Å²) in [6, 6.07) is 0. The third kappa shape index (κ3) is 63.2. The average molecular weight is 872 g/mol. The second kappa shape index (κ2) is 62.0. The molecule has 2 heteroatoms. The van der Waals surface area contributed by atoms with Crippen molar-refractivity contribution in [3.05, 3.63) is 42.7 Å². The van der Waals surface area contributed by atoms with Crippen LogP contribution in [-0.4, -0.2) is 31.1 Å². The Morgan fingerprint density at radius 2 is 0.823 bits per heavy atom. The Bertz CT molecular complexity index is 852. The molecule has 372 valence electrons. The molecule has 0 rings (SSSR count). The van der Waals surface area contributed by atoms with Gasteiger partial charge in [0.25, 0.3) is 0 Å². The molecule has 0 radical (unpaired) electrons. The molecule has 0 aromatic heterocycles. The monoisotopic (exact) mass is 871 g/mol. The van der Waals surface area contributed by atoms with E-state index in [-0.39, 0.29) is 0 Å². The summed E-state index contributed by atoms with van der Waals surface area (Å²) in [5, 5.41) is 0. The summed E-state index contributed by atoms with van der Waals surface area (Å²) in [5.74, 6) is 1.69. The molecule has 0 fully saturated rings. The largest absolute Gasteiger partial charge is 0.330 e. The molecule has 0 saturated carbocycles. The molecule has 0 aliphatic carbocycles. The number of allylic oxidation sites excluding steroid dienone is 3. The Balaban J connectivity index is -0.000000514. The molecular weight excluding hydrogens is 749 g/mol. The topological polar surface area (TPSA) is 29.3 Å². The van der Waals surface area contributed by atoms with Crippen LogP contribution >= 0.6 is 0 Å². The molecule has 0 spiro atoms. The van der Waals surface area contributed by atoms with Crippen LogP contribution in [-0.2, 0) is 0 Å². The van der Waals surface area contributed by atoms with E-state index in [1.807, 2.05) is 19.9 Å². The van der Waals surface area contributed by atoms with Crippen LogP contribution in [0.5, 0.6) is 0 Å². The molecule has 0 amide bonds. The van der Waals surface area contributed by atoms with E-state index in [1.54, 1.807) is 0 Å². The molecule has 0 aliphatic rings. The van der Waals surface area contributed by atoms with Crippen LogP contribution in [0, 0.1) is 11.8 Å². The summed E-state index contributed by atoms with van der Waals surface area (Å²) < 4.78 is 0. The number of hydrogen-bond donors (Lipinski definition) is 1. The van der Waals surface area contributed by atoms with Crippen molar-refractivity contribution in [2.75, 3.05) is 26.2 Å². The Morgan fingerprint density at radius 1 is 0.484 bits per heavy atom. The zero-order chi connectivity index (χ0) is 47.0. The molecule has 62 heavy (non-hydrogen) atoms. The van der Waals surface area contributed by atoms with Crippen LogP contribution < -0.4 is 5.73 Å². The molecule has 1 unspecified atom stereocenters. The number of nitrogens with zero attached hydrogens (tertiary/aromatic N) is 1. The zero-order valence-corrected chi connectivity index (χ0v) is 45.1. The van der Waals surface area contributed by atoms with Gasteiger partial charge in [-0.15, -0.1) is 18.9 Å². The van der Waals surface area contributed by atoms with Gasteiger partial charge in [-0.25, -0.2) is 0 Å². The molecule has 0 saturated heterocycles. The second-order valence-electron chi connectivity index (χ2n) is 19.2. The first-order valence-electron chi connectivity index (χ1n) is 28.3. The van der Waals surface area contributed by atoms with Gasteiger partial charge < -0.3 is 10.6 Å². The molecular formula is C60H122N2. The maximum Gasteiger partial charge on any atom is -0.000672 e. The quantitative estimate of drug-likeness (QED) is 0.0375. The predicted molar refractivity (Wildman–Crippen MR) is 291 cm³/mol. The lowest BCUT2D eigenvalue weighted by Crippen LogP contribution is -2.28. The van der Waals surface area contributed by atoms with E-state index in [0.29, 0.717) is 5.92 Å². The predicted octanol–water partition coefficient (Wildman–Crippen LogP) is 20.9. The molecule has 2 N–H and O–H groups in total. The summed E-state index contributed by atoms with van der Waals surface area (Å²) in [4.78, 5) is 2.67. The molecule has 0 aromatic rings. The van der Waals surface area contributed by atoms with Crippen LogP contribution in [0.4, 0.5) is 0 Å². The fourth-order valence-corrected chi connectivity index (χ4v) is 8.18. The van der Waals surface area contributed by atoms with Crippen molar-refractivity contribution in [1.82, 2.24) is 4.90 Å². The molecule has 0 aromatic carbocycles. The zero-order valence-electron chi connectivity index (χ0n) is 45.1. The van der Waals surface area contributed by atoms with Gasteiger partial charge in [-0.3, -0.25) is 0 Å². The van der Waals surface area contributed by atoms with Gasteiger partial charge in [-0.1, -0.05) is 253 Å². The highest BCUT2D eigenvalue weighted by atomic mass is 15.1. The molecule has 0 bridgehead atoms. The van der Waals surface area contributed by atoms with Gasteiger partial charge in [0.05, 0.1) is 0 Å². The first kappa shape index (κ1) is 67.5. The van der Waals surface area contributed by atoms with Gasteiger partial charge in [0.2, 0.25) is 0 Å². The minimum Gasteiger partial charge on any atom is -0.330 e. The van der Waals surface area contributed by atoms with E-state index in [9.17, 15) is 0 Å². The van der Waals surface area contributed by atoms with Gasteiger partial charge in [-0.05, 0) is 115 Å². The van der Waals surface area contributed by atoms with Gasteiger partial charge in [-0.2, -0.15) is 0 Å². The summed E-state index contributed by atoms with van der Waals surface area (Å²) in [7, 11) is 0. The minimum absolute atomic E-state index is 0.713. The van der Waals surface area contributed by atoms with Crippen LogP contribution in [0.25, 0.3) is 0 Å². The Morgan fingerprint density at radius 3 is 1.15 bits per heavy atom. The number of nitrogens with two attached hydrogens (primary N) is 1. The van der Waals surface area contributed by atoms with Crippen molar-refractivity contribution in [2.24, 2.45) is 17.6 Å². The van der Waals surface area contributed by atoms with Crippen molar-refractivity contribution < 1.29 is 0 Å². The molecule has 0 aliphatic heterocycles. The summed E-state index contributed by atoms with van der Waals surface area (Å²) in [6.45, 7) is 36.0. The fraction of sp³-hybridized carbons (Fsp3) is 0.883. The van der Waals surface area contributed by atoms with Gasteiger partial charge in [0.1, 0.15) is 0 Å². The smallest absolute Gasteiger partial charge is 0.000672 e. The number of rotatable bonds is 45. The third-order valence-electron chi connectivity index (χ3n) is 12.5. The van der Waals surface area contributed by atoms with E-state index in [0.717, 1.165) is 18.9 Å². The van der Waals surface area contributed by atoms with E-state index < -0.39 is 0 Å². The maximum absolute atomic E-state index is 5.78. The van der Waals surface area contributed by atoms with Crippen molar-refractivity contribution >= 4 is 0 Å². The van der Waals surface area contributed by atoms with E-state index >= 15 is 0 Å². The van der Waals surface area contributed by atoms with Crippen LogP contribution in [0.2, 0.25) is 0 Å². The van der Waals surface area contributed by atoms with E-state index in [2.05, 4.69) is 78.8 Å². The lowest BCUT2D eigenvalue weighted by Gasteiger charge is -2.22. The fourth-order valence-electron chi connectivity index (χ4n) is 8.18. The highest BCUT2D eigenvalue weighted by Crippen LogP contribution is 2.20. The number of unbranched alkanes of at least 4 members (excludes halogenated alkanes) is 25. The standard InChI is InChI=1S/C33H64N2.C18H38.C7H14.C2H6/c1-5-7-8-9-10-11-15-20-26-33(6-2)27-21-16-13-18-23-30-35(31-24-28-34)29-22-17-12-14-19-25-32(3)4;1-4-6-8-10-12-14-16-18(3)17-15-13-11-9-7-5-2;1-4-6-7(3)5-2;1-2/h2-3,5,7-31,34H2,1,4H3;18H,4-17H2,1-3H3;5,7H,2,4,6H2,1,3H3;1-2H3. The summed E-state index contributed by atoms with van der Waals surface area (Å²) >= 11 is 0. The minimum atomic E-state index is 0.713. The third-order valence-corrected chi connectivity index (χ3v) is 12.5. The van der Waals surface area contributed by atoms with Crippen LogP contribution in [0.3, 0.4) is 0 Å². The van der Waals surface area contributed by atoms with Crippen LogP contribution in [0.1, 0.15) is 306 Å². The Hall–Kier alpha value is -1.08. The second-order valence-corrected chi connectivity index (χ2v) is 19.2. The van der Waals surface area contributed by atoms with E-state index in [4.69, 9.17) is 5.73 Å². The maximum atomic E-state index is 5.78. The van der Waals surface area contributed by atoms with Crippen LogP contribution in [0.15, 0.2) is 42.7 Å². The molecule has 1 atom stereocenters. The van der Waals surface area contributed by atoms with Crippen molar-refractivity contribution in [3.63, 3.8) is 0 Å². The van der Waals surface area contributed by atoms with Crippen molar-refractivity contribution in [2.45, 2.75) is 306 Å². The lowest BCUT2D eigenvalue weighted by atomic mass is 9.96. The Kier molecular flexibility index (Phi) is 67.5. The SMILES string of the molecule is C=C=C(CCCCCCCCCC)CCCCCCCN(CCCN)CCCCCCCC(=C)C.C=CC(C)CCC.CC.CCCCCCCCC(C)CCCCCCCC. The number of hydrogen-bond acceptors (Lipinski definition) is 2. The first-order valence-corrected chi connectivity index (χ1v) is 28.3. The van der Waals surface area contributed by atoms with Gasteiger partial charge >= 0.3 is 0 Å². The van der Waals surface area contributed by atoms with Gasteiger partial charge in [0, 0.05) is 0 Å². The average Bonchev–Trinajstić information content (AvgIpc) is 3.28. The summed E-state index contributed by atoms with van der Waals surface area (Å²) in [5.41, 5.74) is 11.8. The summed E-state index contributed by atoms with van der Waals surface area (Å²) in [6.07, 6.45) is 54.3. The highest BCUT2D eigenvalue weighted by molar-refractivity contribution is 4.98. The highest BCUT2D eigenvalue weighted by Gasteiger charge is 2.06. The Labute approximate surface area is 396 Å². The molecule has 2 nitrogen and oxygen atoms in total.